The Morgan fingerprint density at radius 2 is 1.91 bits per heavy atom. The Labute approximate surface area is 194 Å². The quantitative estimate of drug-likeness (QED) is 0.418. The number of nitrogens with one attached hydrogen (secondary N) is 2. The van der Waals surface area contributed by atoms with Crippen molar-refractivity contribution in [2.45, 2.75) is 62.7 Å². The standard InChI is InChI=1S/C26H32N6O/c27-20-7-9-21(10-8-20)31-26(33)24-11-16-5-6-17(25(28)29)12-23(16)32(24)15-19-14-30-13-18-3-1-2-4-22(18)19/h1-6,12,14,19-21,24H,7-11,13,15,27H2,(H3,28,29)(H,31,33)/t19?,20-,21-,24?. The van der Waals surface area contributed by atoms with E-state index in [0.29, 0.717) is 25.1 Å². The van der Waals surface area contributed by atoms with E-state index >= 15 is 0 Å². The van der Waals surface area contributed by atoms with Crippen LogP contribution in [0.25, 0.3) is 0 Å². The highest BCUT2D eigenvalue weighted by Crippen LogP contribution is 2.36. The average Bonchev–Trinajstić information content (AvgIpc) is 3.18. The van der Waals surface area contributed by atoms with Gasteiger partial charge < -0.3 is 21.7 Å². The van der Waals surface area contributed by atoms with Gasteiger partial charge in [0.2, 0.25) is 5.91 Å². The number of hydrogen-bond acceptors (Lipinski definition) is 5. The molecule has 1 saturated carbocycles. The number of fused-ring (bicyclic) bond motifs is 2. The van der Waals surface area contributed by atoms with E-state index in [-0.39, 0.29) is 35.8 Å². The monoisotopic (exact) mass is 444 g/mol. The van der Waals surface area contributed by atoms with Crippen molar-refractivity contribution < 1.29 is 4.79 Å². The van der Waals surface area contributed by atoms with Crippen molar-refractivity contribution in [3.63, 3.8) is 0 Å². The Kier molecular flexibility index (Phi) is 5.89. The van der Waals surface area contributed by atoms with E-state index in [4.69, 9.17) is 16.9 Å². The molecule has 2 aromatic carbocycles. The number of nitrogens with zero attached hydrogens (tertiary/aromatic N) is 2. The Hall–Kier alpha value is -3.19. The van der Waals surface area contributed by atoms with Crippen LogP contribution in [-0.2, 0) is 17.8 Å². The van der Waals surface area contributed by atoms with Crippen molar-refractivity contribution in [1.82, 2.24) is 5.32 Å². The molecule has 2 aromatic rings. The van der Waals surface area contributed by atoms with Crippen LogP contribution >= 0.6 is 0 Å². The minimum Gasteiger partial charge on any atom is -0.384 e. The zero-order chi connectivity index (χ0) is 22.9. The van der Waals surface area contributed by atoms with Crippen LogP contribution in [-0.4, -0.2) is 42.6 Å². The fourth-order valence-corrected chi connectivity index (χ4v) is 5.43. The summed E-state index contributed by atoms with van der Waals surface area (Å²) >= 11 is 0. The van der Waals surface area contributed by atoms with Gasteiger partial charge in [0.1, 0.15) is 11.9 Å². The maximum atomic E-state index is 13.5. The predicted molar refractivity (Wildman–Crippen MR) is 132 cm³/mol. The topological polar surface area (TPSA) is 121 Å². The second-order valence-corrected chi connectivity index (χ2v) is 9.54. The third kappa shape index (κ3) is 4.37. The first-order valence-electron chi connectivity index (χ1n) is 11.9. The minimum atomic E-state index is -0.291. The number of rotatable bonds is 5. The third-order valence-corrected chi connectivity index (χ3v) is 7.31. The fraction of sp³-hybridized carbons (Fsp3) is 0.423. The molecule has 2 aliphatic heterocycles. The molecular weight excluding hydrogens is 412 g/mol. The number of amidine groups is 1. The number of aliphatic imine (C=N–C) groups is 1. The first-order valence-corrected chi connectivity index (χ1v) is 11.9. The smallest absolute Gasteiger partial charge is 0.243 e. The first-order chi connectivity index (χ1) is 16.0. The number of anilines is 1. The third-order valence-electron chi connectivity index (χ3n) is 7.31. The molecule has 0 bridgehead atoms. The molecule has 2 atom stereocenters. The molecule has 1 aliphatic carbocycles. The van der Waals surface area contributed by atoms with Crippen molar-refractivity contribution >= 4 is 23.6 Å². The lowest BCUT2D eigenvalue weighted by Crippen LogP contribution is -2.51. The van der Waals surface area contributed by atoms with Crippen LogP contribution in [0.4, 0.5) is 5.69 Å². The van der Waals surface area contributed by atoms with Gasteiger partial charge in [-0.05, 0) is 48.4 Å². The largest absolute Gasteiger partial charge is 0.384 e. The summed E-state index contributed by atoms with van der Waals surface area (Å²) in [5, 5.41) is 11.2. The Morgan fingerprint density at radius 3 is 2.70 bits per heavy atom. The average molecular weight is 445 g/mol. The number of amides is 1. The van der Waals surface area contributed by atoms with E-state index in [0.717, 1.165) is 36.9 Å². The molecule has 0 radical (unpaired) electrons. The molecule has 7 heteroatoms. The van der Waals surface area contributed by atoms with Crippen LogP contribution in [0, 0.1) is 5.41 Å². The lowest BCUT2D eigenvalue weighted by molar-refractivity contribution is -0.123. The minimum absolute atomic E-state index is 0.0359. The molecule has 0 saturated heterocycles. The summed E-state index contributed by atoms with van der Waals surface area (Å²) in [6, 6.07) is 14.4. The van der Waals surface area contributed by atoms with Crippen LogP contribution in [0.2, 0.25) is 0 Å². The van der Waals surface area contributed by atoms with Gasteiger partial charge in [0.05, 0.1) is 6.54 Å². The summed E-state index contributed by atoms with van der Waals surface area (Å²) in [6.07, 6.45) is 6.45. The van der Waals surface area contributed by atoms with Gasteiger partial charge >= 0.3 is 0 Å². The highest BCUT2D eigenvalue weighted by molar-refractivity contribution is 5.97. The normalized spacial score (nSPS) is 25.9. The maximum absolute atomic E-state index is 13.5. The van der Waals surface area contributed by atoms with Gasteiger partial charge in [0.15, 0.2) is 0 Å². The van der Waals surface area contributed by atoms with Crippen LogP contribution in [0.3, 0.4) is 0 Å². The van der Waals surface area contributed by atoms with Gasteiger partial charge in [-0.1, -0.05) is 36.4 Å². The molecular formula is C26H32N6O. The van der Waals surface area contributed by atoms with Crippen LogP contribution in [0.15, 0.2) is 47.5 Å². The molecule has 33 heavy (non-hydrogen) atoms. The molecule has 1 fully saturated rings. The molecule has 1 amide bonds. The molecule has 5 rings (SSSR count). The number of hydrogen-bond donors (Lipinski definition) is 4. The number of carbonyl (C=O) groups excluding carboxylic acids is 1. The molecule has 3 aliphatic rings. The van der Waals surface area contributed by atoms with Gasteiger partial charge in [0, 0.05) is 48.4 Å². The summed E-state index contributed by atoms with van der Waals surface area (Å²) in [5.41, 5.74) is 17.1. The summed E-state index contributed by atoms with van der Waals surface area (Å²) in [5.74, 6) is 0.204. The van der Waals surface area contributed by atoms with E-state index in [2.05, 4.69) is 33.4 Å². The van der Waals surface area contributed by atoms with Gasteiger partial charge in [-0.25, -0.2) is 0 Å². The summed E-state index contributed by atoms with van der Waals surface area (Å²) < 4.78 is 0. The van der Waals surface area contributed by atoms with Gasteiger partial charge in [-0.3, -0.25) is 15.2 Å². The Balaban J connectivity index is 1.43. The van der Waals surface area contributed by atoms with E-state index in [1.54, 1.807) is 0 Å². The van der Waals surface area contributed by atoms with Crippen molar-refractivity contribution in [2.24, 2.45) is 16.5 Å². The fourth-order valence-electron chi connectivity index (χ4n) is 5.43. The SMILES string of the molecule is N=C(N)c1ccc2c(c1)N(CC1C=NCc3ccccc31)C(C(=O)N[C@H]1CC[C@H](N)CC1)C2. The first kappa shape index (κ1) is 21.6. The maximum Gasteiger partial charge on any atom is 0.243 e. The van der Waals surface area contributed by atoms with Gasteiger partial charge in [-0.15, -0.1) is 0 Å². The van der Waals surface area contributed by atoms with Crippen LogP contribution in [0.1, 0.15) is 53.9 Å². The van der Waals surface area contributed by atoms with Crippen molar-refractivity contribution in [2.75, 3.05) is 11.4 Å². The zero-order valence-corrected chi connectivity index (χ0v) is 18.8. The number of carbonyl (C=O) groups is 1. The van der Waals surface area contributed by atoms with E-state index < -0.39 is 0 Å². The van der Waals surface area contributed by atoms with E-state index in [9.17, 15) is 4.79 Å². The van der Waals surface area contributed by atoms with Crippen molar-refractivity contribution in [3.8, 4) is 0 Å². The number of nitrogens with two attached hydrogens (primary N) is 2. The molecule has 2 heterocycles. The molecule has 7 nitrogen and oxygen atoms in total. The predicted octanol–water partition coefficient (Wildman–Crippen LogP) is 2.46. The molecule has 2 unspecified atom stereocenters. The highest BCUT2D eigenvalue weighted by atomic mass is 16.2. The molecule has 0 spiro atoms. The zero-order valence-electron chi connectivity index (χ0n) is 18.8. The van der Waals surface area contributed by atoms with Crippen molar-refractivity contribution in [3.05, 3.63) is 64.7 Å². The van der Waals surface area contributed by atoms with E-state index in [1.807, 2.05) is 30.5 Å². The second-order valence-electron chi connectivity index (χ2n) is 9.54. The van der Waals surface area contributed by atoms with Crippen LogP contribution in [0.5, 0.6) is 0 Å². The summed E-state index contributed by atoms with van der Waals surface area (Å²) in [4.78, 5) is 20.3. The second kappa shape index (κ2) is 8.98. The summed E-state index contributed by atoms with van der Waals surface area (Å²) in [6.45, 7) is 1.36. The molecule has 172 valence electrons. The highest BCUT2D eigenvalue weighted by Gasteiger charge is 2.37. The van der Waals surface area contributed by atoms with Crippen molar-refractivity contribution in [1.29, 1.82) is 5.41 Å². The summed E-state index contributed by atoms with van der Waals surface area (Å²) in [7, 11) is 0. The van der Waals surface area contributed by atoms with Crippen LogP contribution < -0.4 is 21.7 Å². The number of nitrogen functional groups attached to an aromatic ring is 1. The Morgan fingerprint density at radius 1 is 1.12 bits per heavy atom. The number of benzene rings is 2. The van der Waals surface area contributed by atoms with Gasteiger partial charge in [0.25, 0.3) is 0 Å². The lowest BCUT2D eigenvalue weighted by atomic mass is 9.91. The van der Waals surface area contributed by atoms with Gasteiger partial charge in [-0.2, -0.15) is 0 Å². The Bertz CT molecular complexity index is 1090. The van der Waals surface area contributed by atoms with E-state index in [1.165, 1.54) is 11.1 Å². The lowest BCUT2D eigenvalue weighted by Gasteiger charge is -2.33. The molecule has 6 N–H and O–H groups in total. The molecule has 0 aromatic heterocycles.